The molecule has 3 heterocycles. The van der Waals surface area contributed by atoms with E-state index in [1.165, 1.54) is 45.6 Å². The molecule has 56 heavy (non-hydrogen) atoms. The van der Waals surface area contributed by atoms with E-state index in [0.29, 0.717) is 0 Å². The molecule has 0 saturated heterocycles. The van der Waals surface area contributed by atoms with Crippen LogP contribution in [0, 0.1) is 12.1 Å². The summed E-state index contributed by atoms with van der Waals surface area (Å²) < 4.78 is 0. The minimum Gasteiger partial charge on any atom is -0.477 e. The summed E-state index contributed by atoms with van der Waals surface area (Å²) in [5.74, 6) is -0.967. The minimum absolute atomic E-state index is 0. The molecule has 283 valence electrons. The van der Waals surface area contributed by atoms with E-state index in [2.05, 4.69) is 156 Å². The SMILES string of the molecule is CC(C)(C)c1c[c-]c2c(c1)C(c1ccccc1)c1cc(C(C)(C)C)ccc1[C@]2(c1ccccn1)c1cccc(-c2[c-]cccc2)n1.O=C(O)c1ccccn1.[Ir]. The summed E-state index contributed by atoms with van der Waals surface area (Å²) in [6, 6.07) is 55.4. The van der Waals surface area contributed by atoms with Gasteiger partial charge in [0.15, 0.2) is 0 Å². The van der Waals surface area contributed by atoms with Gasteiger partial charge in [-0.3, -0.25) is 9.97 Å². The molecule has 0 amide bonds. The molecule has 8 rings (SSSR count). The van der Waals surface area contributed by atoms with E-state index in [1.807, 2.05) is 30.5 Å². The third-order valence-electron chi connectivity index (χ3n) is 10.3. The van der Waals surface area contributed by atoms with E-state index in [9.17, 15) is 4.79 Å². The molecule has 0 fully saturated rings. The van der Waals surface area contributed by atoms with Crippen molar-refractivity contribution in [2.24, 2.45) is 0 Å². The molecule has 6 heteroatoms. The van der Waals surface area contributed by atoms with E-state index >= 15 is 0 Å². The molecular formula is C50H45IrN3O2-2. The van der Waals surface area contributed by atoms with Crippen LogP contribution in [0.4, 0.5) is 0 Å². The van der Waals surface area contributed by atoms with Gasteiger partial charge < -0.3 is 5.11 Å². The molecule has 0 aliphatic heterocycles. The second-order valence-corrected chi connectivity index (χ2v) is 16.0. The molecule has 0 spiro atoms. The van der Waals surface area contributed by atoms with Crippen molar-refractivity contribution in [1.29, 1.82) is 0 Å². The van der Waals surface area contributed by atoms with Crippen molar-refractivity contribution < 1.29 is 30.0 Å². The largest absolute Gasteiger partial charge is 0.477 e. The molecule has 3 aromatic heterocycles. The molecule has 0 bridgehead atoms. The molecule has 1 aliphatic rings. The van der Waals surface area contributed by atoms with Gasteiger partial charge in [0, 0.05) is 38.2 Å². The molecular weight excluding hydrogens is 867 g/mol. The summed E-state index contributed by atoms with van der Waals surface area (Å²) in [7, 11) is 0. The summed E-state index contributed by atoms with van der Waals surface area (Å²) in [5, 5.41) is 8.32. The second-order valence-electron chi connectivity index (χ2n) is 16.0. The van der Waals surface area contributed by atoms with Crippen LogP contribution in [0.25, 0.3) is 11.3 Å². The van der Waals surface area contributed by atoms with Gasteiger partial charge in [-0.05, 0) is 69.6 Å². The Balaban J connectivity index is 0.000000470. The minimum atomic E-state index is -0.990. The van der Waals surface area contributed by atoms with Gasteiger partial charge >= 0.3 is 5.97 Å². The number of hydrogen-bond acceptors (Lipinski definition) is 4. The maximum atomic E-state index is 10.1. The molecule has 1 aliphatic carbocycles. The smallest absolute Gasteiger partial charge is 0.354 e. The summed E-state index contributed by atoms with van der Waals surface area (Å²) in [4.78, 5) is 24.3. The van der Waals surface area contributed by atoms with Gasteiger partial charge in [0.1, 0.15) is 5.69 Å². The van der Waals surface area contributed by atoms with Crippen molar-refractivity contribution >= 4 is 5.97 Å². The second kappa shape index (κ2) is 16.3. The third-order valence-corrected chi connectivity index (χ3v) is 10.3. The zero-order valence-corrected chi connectivity index (χ0v) is 34.9. The van der Waals surface area contributed by atoms with Gasteiger partial charge in [-0.1, -0.05) is 120 Å². The number of aromatic nitrogens is 3. The van der Waals surface area contributed by atoms with Crippen LogP contribution in [0.2, 0.25) is 0 Å². The molecule has 5 nitrogen and oxygen atoms in total. The first-order valence-corrected chi connectivity index (χ1v) is 18.7. The Morgan fingerprint density at radius 2 is 1.32 bits per heavy atom. The van der Waals surface area contributed by atoms with Crippen LogP contribution in [0.1, 0.15) is 108 Å². The molecule has 1 radical (unpaired) electrons. The monoisotopic (exact) mass is 912 g/mol. The van der Waals surface area contributed by atoms with Gasteiger partial charge in [0.25, 0.3) is 0 Å². The Kier molecular flexibility index (Phi) is 11.7. The quantitative estimate of drug-likeness (QED) is 0.174. The van der Waals surface area contributed by atoms with Crippen LogP contribution in [0.5, 0.6) is 0 Å². The normalized spacial score (nSPS) is 15.9. The van der Waals surface area contributed by atoms with E-state index in [0.717, 1.165) is 28.2 Å². The number of benzene rings is 4. The molecule has 1 N–H and O–H groups in total. The Bertz CT molecular complexity index is 2360. The fourth-order valence-corrected chi connectivity index (χ4v) is 7.50. The Morgan fingerprint density at radius 3 is 1.93 bits per heavy atom. The molecule has 4 aromatic carbocycles. The fourth-order valence-electron chi connectivity index (χ4n) is 7.50. The maximum Gasteiger partial charge on any atom is 0.354 e. The van der Waals surface area contributed by atoms with Crippen LogP contribution in [-0.2, 0) is 36.4 Å². The maximum absolute atomic E-state index is 10.1. The van der Waals surface area contributed by atoms with Gasteiger partial charge in [-0.25, -0.2) is 9.78 Å². The fraction of sp³-hybridized carbons (Fsp3) is 0.200. The van der Waals surface area contributed by atoms with Crippen LogP contribution >= 0.6 is 0 Å². The number of carbonyl (C=O) groups is 1. The Hall–Kier alpha value is -5.55. The first kappa shape index (κ1) is 40.1. The van der Waals surface area contributed by atoms with Crippen LogP contribution in [0.3, 0.4) is 0 Å². The number of fused-ring (bicyclic) bond motifs is 2. The van der Waals surface area contributed by atoms with E-state index in [-0.39, 0.29) is 42.5 Å². The van der Waals surface area contributed by atoms with Gasteiger partial charge in [0.05, 0.1) is 11.1 Å². The van der Waals surface area contributed by atoms with Gasteiger partial charge in [-0.2, -0.15) is 23.8 Å². The predicted octanol–water partition coefficient (Wildman–Crippen LogP) is 11.0. The van der Waals surface area contributed by atoms with Crippen molar-refractivity contribution in [2.45, 2.75) is 63.7 Å². The average molecular weight is 912 g/mol. The van der Waals surface area contributed by atoms with Crippen LogP contribution in [0.15, 0.2) is 152 Å². The summed E-state index contributed by atoms with van der Waals surface area (Å²) >= 11 is 0. The van der Waals surface area contributed by atoms with E-state index in [4.69, 9.17) is 15.1 Å². The van der Waals surface area contributed by atoms with Crippen molar-refractivity contribution in [2.75, 3.05) is 0 Å². The first-order valence-electron chi connectivity index (χ1n) is 18.7. The average Bonchev–Trinajstić information content (AvgIpc) is 3.20. The van der Waals surface area contributed by atoms with Gasteiger partial charge in [0.2, 0.25) is 0 Å². The number of carboxylic acid groups (broad SMARTS) is 1. The molecule has 1 unspecified atom stereocenters. The zero-order valence-electron chi connectivity index (χ0n) is 32.5. The zero-order chi connectivity index (χ0) is 38.8. The van der Waals surface area contributed by atoms with E-state index < -0.39 is 11.4 Å². The molecule has 0 saturated carbocycles. The number of pyridine rings is 3. The number of carboxylic acids is 1. The number of hydrogen-bond donors (Lipinski definition) is 1. The van der Waals surface area contributed by atoms with Crippen molar-refractivity contribution in [3.05, 3.63) is 220 Å². The molecule has 7 aromatic rings. The van der Waals surface area contributed by atoms with Crippen molar-refractivity contribution in [3.63, 3.8) is 0 Å². The van der Waals surface area contributed by atoms with Crippen LogP contribution in [-0.4, -0.2) is 26.0 Å². The van der Waals surface area contributed by atoms with Crippen LogP contribution < -0.4 is 0 Å². The number of aromatic carboxylic acids is 1. The summed E-state index contributed by atoms with van der Waals surface area (Å²) in [6.07, 6.45) is 3.35. The molecule has 2 atom stereocenters. The van der Waals surface area contributed by atoms with Crippen molar-refractivity contribution in [3.8, 4) is 11.3 Å². The van der Waals surface area contributed by atoms with E-state index in [1.54, 1.807) is 12.1 Å². The standard InChI is InChI=1S/C44H40N2.C6H5NO2.Ir/c1-42(2,3)32-23-25-36-34(28-32)41(31-18-11-8-12-19-31)35-29-33(43(4,5)6)24-26-37(35)44(36,39-21-13-14-27-45-39)40-22-15-20-38(46-40)30-16-9-7-10-17-30;8-6(9)5-3-1-2-4-7-5;/h7-16,18-25,27-29,41H,1-6H3;1-4H,(H,8,9);/q-2;;/t41?,44-;;/m0../s1. The Labute approximate surface area is 344 Å². The number of nitrogens with zero attached hydrogens (tertiary/aromatic N) is 3. The third kappa shape index (κ3) is 7.77. The topological polar surface area (TPSA) is 76.0 Å². The number of rotatable bonds is 5. The van der Waals surface area contributed by atoms with Crippen molar-refractivity contribution in [1.82, 2.24) is 15.0 Å². The summed E-state index contributed by atoms with van der Waals surface area (Å²) in [6.45, 7) is 13.7. The summed E-state index contributed by atoms with van der Waals surface area (Å²) in [5.41, 5.74) is 11.6. The Morgan fingerprint density at radius 1 is 0.661 bits per heavy atom. The predicted molar refractivity (Wildman–Crippen MR) is 219 cm³/mol. The van der Waals surface area contributed by atoms with Gasteiger partial charge in [-0.15, -0.1) is 47.0 Å². The first-order chi connectivity index (χ1) is 26.4.